The quantitative estimate of drug-likeness (QED) is 0.332. The number of benzene rings is 2. The molecular weight excluding hydrogens is 372 g/mol. The maximum atomic E-state index is 13.4. The van der Waals surface area contributed by atoms with Gasteiger partial charge in [-0.25, -0.2) is 9.67 Å². The van der Waals surface area contributed by atoms with Crippen LogP contribution >= 0.6 is 11.8 Å². The third-order valence-corrected chi connectivity index (χ3v) is 4.79. The van der Waals surface area contributed by atoms with Crippen LogP contribution in [-0.4, -0.2) is 33.4 Å². The highest BCUT2D eigenvalue weighted by Gasteiger charge is 2.21. The number of anilines is 1. The van der Waals surface area contributed by atoms with E-state index in [1.165, 1.54) is 29.1 Å². The van der Waals surface area contributed by atoms with Crippen LogP contribution in [-0.2, 0) is 0 Å². The molecule has 0 saturated heterocycles. The minimum Gasteiger partial charge on any atom is -0.497 e. The van der Waals surface area contributed by atoms with Crippen molar-refractivity contribution in [3.05, 3.63) is 90.5 Å². The van der Waals surface area contributed by atoms with Crippen molar-refractivity contribution in [3.8, 4) is 5.75 Å². The Labute approximate surface area is 167 Å². The molecule has 0 bridgehead atoms. The van der Waals surface area contributed by atoms with Crippen LogP contribution in [0.2, 0.25) is 0 Å². The second kappa shape index (κ2) is 9.57. The van der Waals surface area contributed by atoms with Crippen LogP contribution < -0.4 is 10.1 Å². The van der Waals surface area contributed by atoms with Gasteiger partial charge in [0.1, 0.15) is 29.1 Å². The van der Waals surface area contributed by atoms with Crippen LogP contribution in [0.15, 0.2) is 84.9 Å². The van der Waals surface area contributed by atoms with Gasteiger partial charge in [0.25, 0.3) is 0 Å². The van der Waals surface area contributed by atoms with Gasteiger partial charge in [0.05, 0.1) is 7.11 Å². The monoisotopic (exact) mass is 392 g/mol. The standard InChI is InChI=1S/C21H20N4O2S/c1-3-13-28-21(24-17-7-5-4-6-8-17)19(25-15-22-14-23-25)20(26)16-9-11-18(27-2)12-10-16/h3-12,14-15,24H,1,13H2,2H3. The van der Waals surface area contributed by atoms with Gasteiger partial charge in [-0.3, -0.25) is 4.79 Å². The van der Waals surface area contributed by atoms with Gasteiger partial charge in [0.2, 0.25) is 5.78 Å². The summed E-state index contributed by atoms with van der Waals surface area (Å²) < 4.78 is 6.66. The van der Waals surface area contributed by atoms with Crippen molar-refractivity contribution in [2.75, 3.05) is 18.2 Å². The van der Waals surface area contributed by atoms with E-state index in [1.54, 1.807) is 37.5 Å². The molecule has 0 fully saturated rings. The molecule has 0 saturated carbocycles. The number of rotatable bonds is 9. The number of carbonyl (C=O) groups is 1. The van der Waals surface area contributed by atoms with Crippen LogP contribution in [0, 0.1) is 0 Å². The highest BCUT2D eigenvalue weighted by Crippen LogP contribution is 2.28. The highest BCUT2D eigenvalue weighted by molar-refractivity contribution is 8.03. The van der Waals surface area contributed by atoms with Gasteiger partial charge in [-0.15, -0.1) is 18.3 Å². The van der Waals surface area contributed by atoms with Gasteiger partial charge in [0.15, 0.2) is 0 Å². The van der Waals surface area contributed by atoms with Crippen molar-refractivity contribution < 1.29 is 9.53 Å². The Morgan fingerprint density at radius 1 is 1.21 bits per heavy atom. The van der Waals surface area contributed by atoms with Gasteiger partial charge >= 0.3 is 0 Å². The summed E-state index contributed by atoms with van der Waals surface area (Å²) in [6, 6.07) is 16.6. The first-order chi connectivity index (χ1) is 13.7. The zero-order valence-electron chi connectivity index (χ0n) is 15.4. The molecule has 0 atom stereocenters. The van der Waals surface area contributed by atoms with Gasteiger partial charge < -0.3 is 10.1 Å². The minimum absolute atomic E-state index is 0.178. The Bertz CT molecular complexity index is 952. The Balaban J connectivity index is 2.07. The molecule has 142 valence electrons. The lowest BCUT2D eigenvalue weighted by Crippen LogP contribution is -2.15. The van der Waals surface area contributed by atoms with Crippen LogP contribution in [0.25, 0.3) is 5.70 Å². The molecule has 1 aromatic heterocycles. The van der Waals surface area contributed by atoms with Crippen molar-refractivity contribution in [1.82, 2.24) is 14.8 Å². The molecule has 1 N–H and O–H groups in total. The van der Waals surface area contributed by atoms with Crippen molar-refractivity contribution in [2.24, 2.45) is 0 Å². The highest BCUT2D eigenvalue weighted by atomic mass is 32.2. The first-order valence-corrected chi connectivity index (χ1v) is 9.55. The van der Waals surface area contributed by atoms with Crippen molar-refractivity contribution in [1.29, 1.82) is 0 Å². The fraction of sp³-hybridized carbons (Fsp3) is 0.0952. The lowest BCUT2D eigenvalue weighted by Gasteiger charge is -2.16. The number of methoxy groups -OCH3 is 1. The van der Waals surface area contributed by atoms with E-state index in [0.29, 0.717) is 27.8 Å². The number of hydrogen-bond donors (Lipinski definition) is 1. The largest absolute Gasteiger partial charge is 0.497 e. The fourth-order valence-corrected chi connectivity index (χ4v) is 3.27. The Morgan fingerprint density at radius 3 is 2.57 bits per heavy atom. The van der Waals surface area contributed by atoms with Gasteiger partial charge in [-0.05, 0) is 36.4 Å². The van der Waals surface area contributed by atoms with Gasteiger partial charge in [-0.1, -0.05) is 24.3 Å². The van der Waals surface area contributed by atoms with Gasteiger partial charge in [-0.2, -0.15) is 5.10 Å². The van der Waals surface area contributed by atoms with Gasteiger partial charge in [0, 0.05) is 17.0 Å². The number of aromatic nitrogens is 3. The predicted molar refractivity (Wildman–Crippen MR) is 113 cm³/mol. The number of hydrogen-bond acceptors (Lipinski definition) is 6. The van der Waals surface area contributed by atoms with E-state index >= 15 is 0 Å². The number of para-hydroxylation sites is 1. The maximum absolute atomic E-state index is 13.4. The number of allylic oxidation sites excluding steroid dienone is 1. The molecule has 0 spiro atoms. The molecular formula is C21H20N4O2S. The summed E-state index contributed by atoms with van der Waals surface area (Å²) in [4.78, 5) is 17.4. The average molecular weight is 392 g/mol. The van der Waals surface area contributed by atoms with Crippen LogP contribution in [0.5, 0.6) is 5.75 Å². The van der Waals surface area contributed by atoms with Crippen LogP contribution in [0.1, 0.15) is 10.4 Å². The number of ether oxygens (including phenoxy) is 1. The Kier molecular flexibility index (Phi) is 6.64. The molecule has 3 aromatic rings. The molecule has 0 aliphatic heterocycles. The molecule has 28 heavy (non-hydrogen) atoms. The summed E-state index contributed by atoms with van der Waals surface area (Å²) in [5.74, 6) is 1.14. The maximum Gasteiger partial charge on any atom is 0.214 e. The number of thioether (sulfide) groups is 1. The zero-order valence-corrected chi connectivity index (χ0v) is 16.2. The zero-order chi connectivity index (χ0) is 19.8. The second-order valence-corrected chi connectivity index (χ2v) is 6.70. The smallest absolute Gasteiger partial charge is 0.214 e. The van der Waals surface area contributed by atoms with E-state index in [1.807, 2.05) is 30.3 Å². The van der Waals surface area contributed by atoms with E-state index < -0.39 is 0 Å². The van der Waals surface area contributed by atoms with Crippen molar-refractivity contribution in [3.63, 3.8) is 0 Å². The number of nitrogens with zero attached hydrogens (tertiary/aromatic N) is 3. The molecule has 6 nitrogen and oxygen atoms in total. The second-order valence-electron chi connectivity index (χ2n) is 5.67. The topological polar surface area (TPSA) is 69.0 Å². The summed E-state index contributed by atoms with van der Waals surface area (Å²) in [5.41, 5.74) is 1.78. The van der Waals surface area contributed by atoms with E-state index in [4.69, 9.17) is 4.74 Å². The van der Waals surface area contributed by atoms with Crippen molar-refractivity contribution >= 4 is 28.9 Å². The summed E-state index contributed by atoms with van der Waals surface area (Å²) in [6.45, 7) is 3.78. The molecule has 0 aliphatic rings. The summed E-state index contributed by atoms with van der Waals surface area (Å²) in [7, 11) is 1.59. The minimum atomic E-state index is -0.178. The lowest BCUT2D eigenvalue weighted by molar-refractivity contribution is 0.104. The molecule has 0 amide bonds. The van der Waals surface area contributed by atoms with Crippen LogP contribution in [0.3, 0.4) is 0 Å². The Hall–Kier alpha value is -3.32. The van der Waals surface area contributed by atoms with E-state index in [0.717, 1.165) is 5.69 Å². The predicted octanol–water partition coefficient (Wildman–Crippen LogP) is 4.33. The molecule has 3 rings (SSSR count). The number of nitrogens with one attached hydrogen (secondary N) is 1. The third kappa shape index (κ3) is 4.69. The average Bonchev–Trinajstić information content (AvgIpc) is 3.27. The first-order valence-electron chi connectivity index (χ1n) is 8.56. The van der Waals surface area contributed by atoms with Crippen molar-refractivity contribution in [2.45, 2.75) is 0 Å². The third-order valence-electron chi connectivity index (χ3n) is 3.81. The molecule has 0 aliphatic carbocycles. The summed E-state index contributed by atoms with van der Waals surface area (Å²) >= 11 is 1.47. The molecule has 1 heterocycles. The van der Waals surface area contributed by atoms with Crippen LogP contribution in [0.4, 0.5) is 5.69 Å². The molecule has 2 aromatic carbocycles. The van der Waals surface area contributed by atoms with E-state index in [9.17, 15) is 4.79 Å². The number of ketones is 1. The molecule has 0 unspecified atom stereocenters. The normalized spacial score (nSPS) is 11.5. The first kappa shape index (κ1) is 19.4. The molecule has 0 radical (unpaired) electrons. The summed E-state index contributed by atoms with van der Waals surface area (Å²) in [6.07, 6.45) is 4.70. The molecule has 7 heteroatoms. The number of Topliss-reactive ketones (excluding diaryl/α,β-unsaturated/α-hetero) is 1. The SMILES string of the molecule is C=CCSC(Nc1ccccc1)=C(C(=O)c1ccc(OC)cc1)n1cncn1. The fourth-order valence-electron chi connectivity index (χ4n) is 2.47. The lowest BCUT2D eigenvalue weighted by atomic mass is 10.1. The summed E-state index contributed by atoms with van der Waals surface area (Å²) in [5, 5.41) is 8.19. The van der Waals surface area contributed by atoms with E-state index in [-0.39, 0.29) is 5.78 Å². The van der Waals surface area contributed by atoms with E-state index in [2.05, 4.69) is 22.0 Å². The Morgan fingerprint density at radius 2 is 1.96 bits per heavy atom. The number of carbonyl (C=O) groups excluding carboxylic acids is 1.